The molecule has 0 aliphatic heterocycles. The number of halogens is 1. The van der Waals surface area contributed by atoms with Gasteiger partial charge in [-0.15, -0.1) is 0 Å². The molecule has 1 amide bonds. The normalized spacial score (nSPS) is 9.95. The molecule has 0 saturated carbocycles. The first-order valence-corrected chi connectivity index (χ1v) is 6.87. The first-order valence-electron chi connectivity index (χ1n) is 6.08. The van der Waals surface area contributed by atoms with Crippen LogP contribution in [0.4, 0.5) is 17.1 Å². The lowest BCUT2D eigenvalue weighted by atomic mass is 10.3. The Bertz CT molecular complexity index is 659. The van der Waals surface area contributed by atoms with Gasteiger partial charge in [0.2, 0.25) is 5.91 Å². The van der Waals surface area contributed by atoms with Crippen molar-refractivity contribution in [3.8, 4) is 0 Å². The van der Waals surface area contributed by atoms with Gasteiger partial charge in [0.25, 0.3) is 5.69 Å². The second-order valence-corrected chi connectivity index (χ2v) is 5.13. The van der Waals surface area contributed by atoms with E-state index >= 15 is 0 Å². The zero-order valence-corrected chi connectivity index (χ0v) is 12.5. The van der Waals surface area contributed by atoms with Crippen molar-refractivity contribution in [2.75, 3.05) is 17.2 Å². The monoisotopic (exact) mass is 349 g/mol. The SMILES string of the molecule is O=C(CNc1ccc(Br)cc1)Nc1cccc([N+](=O)[O-])c1. The van der Waals surface area contributed by atoms with E-state index in [9.17, 15) is 14.9 Å². The molecule has 2 N–H and O–H groups in total. The van der Waals surface area contributed by atoms with Crippen LogP contribution in [0.2, 0.25) is 0 Å². The third-order valence-corrected chi connectivity index (χ3v) is 3.17. The average molecular weight is 350 g/mol. The fourth-order valence-corrected chi connectivity index (χ4v) is 1.92. The highest BCUT2D eigenvalue weighted by Gasteiger charge is 2.08. The predicted octanol–water partition coefficient (Wildman–Crippen LogP) is 3.41. The van der Waals surface area contributed by atoms with Gasteiger partial charge in [0, 0.05) is 28.0 Å². The van der Waals surface area contributed by atoms with Crippen molar-refractivity contribution in [1.29, 1.82) is 0 Å². The van der Waals surface area contributed by atoms with E-state index in [2.05, 4.69) is 26.6 Å². The van der Waals surface area contributed by atoms with Crippen molar-refractivity contribution in [2.24, 2.45) is 0 Å². The molecule has 0 spiro atoms. The minimum Gasteiger partial charge on any atom is -0.376 e. The van der Waals surface area contributed by atoms with Crippen LogP contribution in [0, 0.1) is 10.1 Å². The third-order valence-electron chi connectivity index (χ3n) is 2.64. The van der Waals surface area contributed by atoms with Gasteiger partial charge in [0.1, 0.15) is 0 Å². The molecule has 2 rings (SSSR count). The lowest BCUT2D eigenvalue weighted by molar-refractivity contribution is -0.384. The van der Waals surface area contributed by atoms with Crippen LogP contribution in [-0.2, 0) is 4.79 Å². The molecule has 0 aliphatic carbocycles. The van der Waals surface area contributed by atoms with Gasteiger partial charge in [-0.1, -0.05) is 22.0 Å². The maximum atomic E-state index is 11.8. The van der Waals surface area contributed by atoms with Crippen LogP contribution >= 0.6 is 15.9 Å². The average Bonchev–Trinajstić information content (AvgIpc) is 2.47. The lowest BCUT2D eigenvalue weighted by Crippen LogP contribution is -2.21. The van der Waals surface area contributed by atoms with E-state index in [1.807, 2.05) is 24.3 Å². The molecule has 6 nitrogen and oxygen atoms in total. The van der Waals surface area contributed by atoms with Crippen molar-refractivity contribution in [3.05, 3.63) is 63.1 Å². The minimum atomic E-state index is -0.504. The predicted molar refractivity (Wildman–Crippen MR) is 84.4 cm³/mol. The van der Waals surface area contributed by atoms with Crippen LogP contribution in [0.5, 0.6) is 0 Å². The number of amides is 1. The van der Waals surface area contributed by atoms with Gasteiger partial charge in [-0.2, -0.15) is 0 Å². The zero-order valence-electron chi connectivity index (χ0n) is 10.9. The van der Waals surface area contributed by atoms with Gasteiger partial charge >= 0.3 is 0 Å². The molecule has 7 heteroatoms. The number of nitrogens with zero attached hydrogens (tertiary/aromatic N) is 1. The molecule has 108 valence electrons. The second-order valence-electron chi connectivity index (χ2n) is 4.22. The molecule has 0 radical (unpaired) electrons. The molecule has 0 aliphatic rings. The summed E-state index contributed by atoms with van der Waals surface area (Å²) in [7, 11) is 0. The maximum Gasteiger partial charge on any atom is 0.271 e. The molecular formula is C14H12BrN3O3. The molecular weight excluding hydrogens is 338 g/mol. The van der Waals surface area contributed by atoms with Crippen molar-refractivity contribution in [3.63, 3.8) is 0 Å². The summed E-state index contributed by atoms with van der Waals surface area (Å²) < 4.78 is 0.953. The molecule has 2 aromatic carbocycles. The topological polar surface area (TPSA) is 84.3 Å². The number of non-ortho nitro benzene ring substituents is 1. The highest BCUT2D eigenvalue weighted by molar-refractivity contribution is 9.10. The van der Waals surface area contributed by atoms with Gasteiger partial charge in [-0.3, -0.25) is 14.9 Å². The number of carbonyl (C=O) groups is 1. The first-order chi connectivity index (χ1) is 10.0. The summed E-state index contributed by atoms with van der Waals surface area (Å²) in [5, 5.41) is 16.2. The molecule has 0 saturated heterocycles. The molecule has 2 aromatic rings. The van der Waals surface area contributed by atoms with Gasteiger partial charge in [0.15, 0.2) is 0 Å². The Balaban J connectivity index is 1.91. The molecule has 0 bridgehead atoms. The van der Waals surface area contributed by atoms with Crippen molar-refractivity contribution in [1.82, 2.24) is 0 Å². The minimum absolute atomic E-state index is 0.0614. The molecule has 0 atom stereocenters. The van der Waals surface area contributed by atoms with E-state index in [0.29, 0.717) is 5.69 Å². The third kappa shape index (κ3) is 4.57. The molecule has 21 heavy (non-hydrogen) atoms. The van der Waals surface area contributed by atoms with Gasteiger partial charge in [0.05, 0.1) is 11.5 Å². The number of anilines is 2. The lowest BCUT2D eigenvalue weighted by Gasteiger charge is -2.07. The molecule has 0 aromatic heterocycles. The number of hydrogen-bond donors (Lipinski definition) is 2. The number of nitrogens with one attached hydrogen (secondary N) is 2. The Labute approximate surface area is 129 Å². The Morgan fingerprint density at radius 1 is 1.14 bits per heavy atom. The summed E-state index contributed by atoms with van der Waals surface area (Å²) in [6, 6.07) is 13.2. The fraction of sp³-hybridized carbons (Fsp3) is 0.0714. The maximum absolute atomic E-state index is 11.8. The Morgan fingerprint density at radius 2 is 1.86 bits per heavy atom. The summed E-state index contributed by atoms with van der Waals surface area (Å²) in [6.45, 7) is 0.0737. The van der Waals surface area contributed by atoms with Crippen LogP contribution in [-0.4, -0.2) is 17.4 Å². The summed E-state index contributed by atoms with van der Waals surface area (Å²) in [5.41, 5.74) is 1.15. The Morgan fingerprint density at radius 3 is 2.52 bits per heavy atom. The number of rotatable bonds is 5. The summed E-state index contributed by atoms with van der Waals surface area (Å²) in [4.78, 5) is 21.9. The standard InChI is InChI=1S/C14H12BrN3O3/c15-10-4-6-11(7-5-10)16-9-14(19)17-12-2-1-3-13(8-12)18(20)21/h1-8,16H,9H2,(H,17,19). The fourth-order valence-electron chi connectivity index (χ4n) is 1.65. The summed E-state index contributed by atoms with van der Waals surface area (Å²) in [5.74, 6) is -0.279. The van der Waals surface area contributed by atoms with Crippen LogP contribution in [0.3, 0.4) is 0 Å². The van der Waals surface area contributed by atoms with E-state index in [1.165, 1.54) is 18.2 Å². The van der Waals surface area contributed by atoms with Gasteiger partial charge in [-0.05, 0) is 30.3 Å². The van der Waals surface area contributed by atoms with E-state index < -0.39 is 4.92 Å². The van der Waals surface area contributed by atoms with E-state index in [0.717, 1.165) is 10.2 Å². The van der Waals surface area contributed by atoms with E-state index in [4.69, 9.17) is 0 Å². The number of nitro benzene ring substituents is 1. The molecule has 0 unspecified atom stereocenters. The number of benzene rings is 2. The van der Waals surface area contributed by atoms with Gasteiger partial charge < -0.3 is 10.6 Å². The Kier molecular flexibility index (Phi) is 4.89. The second kappa shape index (κ2) is 6.85. The quantitative estimate of drug-likeness (QED) is 0.639. The number of carbonyl (C=O) groups excluding carboxylic acids is 1. The van der Waals surface area contributed by atoms with Crippen LogP contribution in [0.1, 0.15) is 0 Å². The van der Waals surface area contributed by atoms with E-state index in [-0.39, 0.29) is 18.1 Å². The van der Waals surface area contributed by atoms with Crippen LogP contribution in [0.15, 0.2) is 53.0 Å². The highest BCUT2D eigenvalue weighted by Crippen LogP contribution is 2.17. The smallest absolute Gasteiger partial charge is 0.271 e. The van der Waals surface area contributed by atoms with Crippen molar-refractivity contribution in [2.45, 2.75) is 0 Å². The number of hydrogen-bond acceptors (Lipinski definition) is 4. The van der Waals surface area contributed by atoms with Crippen molar-refractivity contribution < 1.29 is 9.72 Å². The summed E-state index contributed by atoms with van der Waals surface area (Å²) in [6.07, 6.45) is 0. The Hall–Kier alpha value is -2.41. The van der Waals surface area contributed by atoms with Crippen LogP contribution < -0.4 is 10.6 Å². The van der Waals surface area contributed by atoms with Crippen LogP contribution in [0.25, 0.3) is 0 Å². The van der Waals surface area contributed by atoms with Crippen molar-refractivity contribution >= 4 is 38.9 Å². The molecule has 0 fully saturated rings. The zero-order chi connectivity index (χ0) is 15.2. The van der Waals surface area contributed by atoms with Gasteiger partial charge in [-0.25, -0.2) is 0 Å². The first kappa shape index (κ1) is 15.0. The summed E-state index contributed by atoms with van der Waals surface area (Å²) >= 11 is 3.33. The largest absolute Gasteiger partial charge is 0.376 e. The number of nitro groups is 1. The molecule has 0 heterocycles. The highest BCUT2D eigenvalue weighted by atomic mass is 79.9. The van der Waals surface area contributed by atoms with E-state index in [1.54, 1.807) is 6.07 Å².